The summed E-state index contributed by atoms with van der Waals surface area (Å²) in [5.41, 5.74) is 4.55. The molecule has 2 aliphatic rings. The number of aliphatic hydroxyl groups excluding tert-OH is 1. The van der Waals surface area contributed by atoms with Gasteiger partial charge in [0, 0.05) is 23.7 Å². The lowest BCUT2D eigenvalue weighted by Gasteiger charge is -2.16. The third-order valence-electron chi connectivity index (χ3n) is 7.34. The average Bonchev–Trinajstić information content (AvgIpc) is 3.62. The predicted octanol–water partition coefficient (Wildman–Crippen LogP) is 3.51. The topological polar surface area (TPSA) is 135 Å². The number of benzene rings is 2. The zero-order chi connectivity index (χ0) is 28.1. The first kappa shape index (κ1) is 25.2. The van der Waals surface area contributed by atoms with Gasteiger partial charge >= 0.3 is 5.97 Å². The second-order valence-corrected chi connectivity index (χ2v) is 9.85. The number of aromatic nitrogens is 3. The Morgan fingerprint density at radius 1 is 1.23 bits per heavy atom. The van der Waals surface area contributed by atoms with Crippen LogP contribution in [0.5, 0.6) is 5.75 Å². The molecule has 202 valence electrons. The van der Waals surface area contributed by atoms with Crippen molar-refractivity contribution in [1.29, 1.82) is 0 Å². The van der Waals surface area contributed by atoms with Crippen LogP contribution < -0.4 is 15.4 Å². The molecule has 0 spiro atoms. The number of rotatable bonds is 6. The predicted molar refractivity (Wildman–Crippen MR) is 141 cm³/mol. The van der Waals surface area contributed by atoms with E-state index in [2.05, 4.69) is 27.3 Å². The molecule has 3 heterocycles. The van der Waals surface area contributed by atoms with Crippen LogP contribution in [0.25, 0.3) is 11.4 Å². The first-order valence-electron chi connectivity index (χ1n) is 12.7. The van der Waals surface area contributed by atoms with Gasteiger partial charge in [0.15, 0.2) is 11.5 Å². The van der Waals surface area contributed by atoms with Crippen molar-refractivity contribution in [2.45, 2.75) is 38.8 Å². The van der Waals surface area contributed by atoms with Crippen molar-refractivity contribution in [3.63, 3.8) is 0 Å². The average molecular weight is 542 g/mol. The van der Waals surface area contributed by atoms with E-state index in [0.717, 1.165) is 38.5 Å². The molecule has 1 aliphatic heterocycles. The highest BCUT2D eigenvalue weighted by Crippen LogP contribution is 2.36. The van der Waals surface area contributed by atoms with Crippen LogP contribution in [0.2, 0.25) is 0 Å². The second-order valence-electron chi connectivity index (χ2n) is 9.85. The zero-order valence-electron chi connectivity index (χ0n) is 21.5. The summed E-state index contributed by atoms with van der Waals surface area (Å²) in [6.45, 7) is 5.63. The summed E-state index contributed by atoms with van der Waals surface area (Å²) >= 11 is 0. The molecular formula is C29H24FN5O5. The maximum atomic E-state index is 14.5. The molecule has 2 aromatic heterocycles. The molecule has 0 unspecified atom stereocenters. The van der Waals surface area contributed by atoms with Crippen LogP contribution in [0.1, 0.15) is 66.8 Å². The molecule has 1 aliphatic carbocycles. The fourth-order valence-corrected chi connectivity index (χ4v) is 5.36. The van der Waals surface area contributed by atoms with Crippen LogP contribution in [-0.4, -0.2) is 37.5 Å². The van der Waals surface area contributed by atoms with E-state index < -0.39 is 17.6 Å². The standard InChI is InChI=1S/C29H24FN5O5/c1-14-18(15(2)36)4-5-20-19(14)6-7-22(20)34-29(39)24-11-23(33-27-21(30)13-32-35(24)27)28(38)31-12-16-3-8-25-17(9-16)10-26(37)40-25/h3-5,8-9,11,13,22,36H,2,6-7,10,12H2,1H3,(H,31,38)(H,34,39)/t22-/m0/s1. The van der Waals surface area contributed by atoms with Crippen LogP contribution >= 0.6 is 0 Å². The van der Waals surface area contributed by atoms with Crippen LogP contribution in [0, 0.1) is 12.7 Å². The molecule has 3 N–H and O–H groups in total. The molecule has 0 saturated heterocycles. The largest absolute Gasteiger partial charge is 0.508 e. The van der Waals surface area contributed by atoms with Crippen LogP contribution in [0.3, 0.4) is 0 Å². The van der Waals surface area contributed by atoms with E-state index in [4.69, 9.17) is 4.74 Å². The number of hydrogen-bond donors (Lipinski definition) is 3. The minimum absolute atomic E-state index is 0.0150. The van der Waals surface area contributed by atoms with Crippen molar-refractivity contribution in [3.8, 4) is 5.75 Å². The van der Waals surface area contributed by atoms with E-state index in [9.17, 15) is 23.9 Å². The lowest BCUT2D eigenvalue weighted by molar-refractivity contribution is -0.131. The van der Waals surface area contributed by atoms with Crippen molar-refractivity contribution in [1.82, 2.24) is 25.2 Å². The Morgan fingerprint density at radius 3 is 2.85 bits per heavy atom. The molecule has 6 rings (SSSR count). The second kappa shape index (κ2) is 9.60. The smallest absolute Gasteiger partial charge is 0.315 e. The number of fused-ring (bicyclic) bond motifs is 3. The van der Waals surface area contributed by atoms with Crippen molar-refractivity contribution >= 4 is 29.2 Å². The lowest BCUT2D eigenvalue weighted by Crippen LogP contribution is -2.30. The third-order valence-corrected chi connectivity index (χ3v) is 7.34. The normalized spacial score (nSPS) is 15.4. The summed E-state index contributed by atoms with van der Waals surface area (Å²) < 4.78 is 20.7. The quantitative estimate of drug-likeness (QED) is 0.193. The summed E-state index contributed by atoms with van der Waals surface area (Å²) in [4.78, 5) is 42.1. The number of aliphatic hydroxyl groups is 1. The number of esters is 1. The Hall–Kier alpha value is -5.06. The fourth-order valence-electron chi connectivity index (χ4n) is 5.36. The number of carbonyl (C=O) groups excluding carboxylic acids is 3. The summed E-state index contributed by atoms with van der Waals surface area (Å²) in [5, 5.41) is 19.5. The van der Waals surface area contributed by atoms with Crippen LogP contribution in [0.15, 0.2) is 49.2 Å². The summed E-state index contributed by atoms with van der Waals surface area (Å²) in [7, 11) is 0. The van der Waals surface area contributed by atoms with Gasteiger partial charge < -0.3 is 20.5 Å². The minimum Gasteiger partial charge on any atom is -0.508 e. The zero-order valence-corrected chi connectivity index (χ0v) is 21.5. The molecule has 0 fully saturated rings. The summed E-state index contributed by atoms with van der Waals surface area (Å²) in [6, 6.07) is 9.74. The van der Waals surface area contributed by atoms with Gasteiger partial charge in [0.05, 0.1) is 18.7 Å². The molecule has 11 heteroatoms. The molecular weight excluding hydrogens is 517 g/mol. The number of nitrogens with one attached hydrogen (secondary N) is 2. The highest BCUT2D eigenvalue weighted by Gasteiger charge is 2.29. The van der Waals surface area contributed by atoms with E-state index in [-0.39, 0.29) is 47.8 Å². The third kappa shape index (κ3) is 4.35. The molecule has 10 nitrogen and oxygen atoms in total. The number of nitrogens with zero attached hydrogens (tertiary/aromatic N) is 3. The lowest BCUT2D eigenvalue weighted by atomic mass is 9.97. The molecule has 0 saturated carbocycles. The Kier molecular flexibility index (Phi) is 6.05. The highest BCUT2D eigenvalue weighted by molar-refractivity contribution is 5.98. The van der Waals surface area contributed by atoms with Crippen molar-refractivity contribution in [2.75, 3.05) is 0 Å². The fraction of sp³-hybridized carbons (Fsp3) is 0.207. The minimum atomic E-state index is -0.773. The summed E-state index contributed by atoms with van der Waals surface area (Å²) in [6.07, 6.45) is 2.44. The van der Waals surface area contributed by atoms with Crippen LogP contribution in [-0.2, 0) is 24.2 Å². The molecule has 0 radical (unpaired) electrons. The SMILES string of the molecule is C=C(O)c1ccc2c(c1C)CC[C@@H]2NC(=O)c1cc(C(=O)NCc2ccc3c(c2)CC(=O)O3)nc2c(F)cnn12. The Labute approximate surface area is 227 Å². The van der Waals surface area contributed by atoms with Gasteiger partial charge in [-0.15, -0.1) is 0 Å². The van der Waals surface area contributed by atoms with Crippen LogP contribution in [0.4, 0.5) is 4.39 Å². The van der Waals surface area contributed by atoms with Crippen molar-refractivity contribution < 1.29 is 28.6 Å². The maximum Gasteiger partial charge on any atom is 0.315 e. The number of ether oxygens (including phenoxy) is 1. The molecule has 40 heavy (non-hydrogen) atoms. The highest BCUT2D eigenvalue weighted by atomic mass is 19.1. The van der Waals surface area contributed by atoms with E-state index in [1.165, 1.54) is 6.07 Å². The first-order valence-corrected chi connectivity index (χ1v) is 12.7. The molecule has 0 bridgehead atoms. The molecule has 4 aromatic rings. The van der Waals surface area contributed by atoms with E-state index in [0.29, 0.717) is 24.2 Å². The van der Waals surface area contributed by atoms with E-state index in [1.54, 1.807) is 24.3 Å². The number of amides is 2. The number of hydrogen-bond acceptors (Lipinski definition) is 7. The van der Waals surface area contributed by atoms with Crippen molar-refractivity contribution in [3.05, 3.63) is 99.8 Å². The van der Waals surface area contributed by atoms with Crippen molar-refractivity contribution in [2.24, 2.45) is 0 Å². The van der Waals surface area contributed by atoms with Gasteiger partial charge in [-0.05, 0) is 54.2 Å². The van der Waals surface area contributed by atoms with Gasteiger partial charge in [-0.25, -0.2) is 13.9 Å². The van der Waals surface area contributed by atoms with Gasteiger partial charge in [0.2, 0.25) is 0 Å². The monoisotopic (exact) mass is 541 g/mol. The number of carbonyl (C=O) groups is 3. The van der Waals surface area contributed by atoms with Gasteiger partial charge in [-0.2, -0.15) is 5.10 Å². The Balaban J connectivity index is 1.24. The van der Waals surface area contributed by atoms with Gasteiger partial charge in [-0.3, -0.25) is 14.4 Å². The number of halogens is 1. The Morgan fingerprint density at radius 2 is 2.05 bits per heavy atom. The van der Waals surface area contributed by atoms with Gasteiger partial charge in [0.25, 0.3) is 11.8 Å². The molecule has 2 aromatic carbocycles. The van der Waals surface area contributed by atoms with Gasteiger partial charge in [0.1, 0.15) is 22.9 Å². The first-order chi connectivity index (χ1) is 19.2. The molecule has 2 amide bonds. The maximum absolute atomic E-state index is 14.5. The summed E-state index contributed by atoms with van der Waals surface area (Å²) in [5.74, 6) is -1.77. The Bertz CT molecular complexity index is 1760. The van der Waals surface area contributed by atoms with Gasteiger partial charge in [-0.1, -0.05) is 24.8 Å². The van der Waals surface area contributed by atoms with E-state index in [1.807, 2.05) is 13.0 Å². The molecule has 1 atom stereocenters. The van der Waals surface area contributed by atoms with E-state index >= 15 is 0 Å².